The molecule has 0 spiro atoms. The highest BCUT2D eigenvalue weighted by Gasteiger charge is 2.09. The van der Waals surface area contributed by atoms with Gasteiger partial charge >= 0.3 is 0 Å². The predicted molar refractivity (Wildman–Crippen MR) is 83.8 cm³/mol. The Morgan fingerprint density at radius 2 is 1.55 bits per heavy atom. The summed E-state index contributed by atoms with van der Waals surface area (Å²) in [6, 6.07) is 11.6. The molecular weight excluding hydrogens is 304 g/mol. The fourth-order valence-corrected chi connectivity index (χ4v) is 2.84. The number of nitrogens with zero attached hydrogens (tertiary/aromatic N) is 2. The monoisotopic (exact) mass is 319 g/mol. The number of non-ortho nitro benzene ring substituents is 1. The molecule has 116 valence electrons. The van der Waals surface area contributed by atoms with Gasteiger partial charge in [0, 0.05) is 12.1 Å². The Morgan fingerprint density at radius 3 is 2.00 bits per heavy atom. The van der Waals surface area contributed by atoms with E-state index in [1.54, 1.807) is 12.1 Å². The molecule has 2 aromatic rings. The van der Waals surface area contributed by atoms with E-state index in [0.29, 0.717) is 11.6 Å². The molecule has 0 saturated carbocycles. The maximum absolute atomic E-state index is 12.2. The van der Waals surface area contributed by atoms with E-state index in [1.165, 1.54) is 12.1 Å². The second kappa shape index (κ2) is 6.15. The van der Waals surface area contributed by atoms with Gasteiger partial charge in [0.1, 0.15) is 10.0 Å². The third-order valence-corrected chi connectivity index (χ3v) is 4.45. The average Bonchev–Trinajstić information content (AvgIpc) is 2.47. The number of nitro benzene ring substituents is 1. The third-order valence-electron chi connectivity index (χ3n) is 3.13. The van der Waals surface area contributed by atoms with Gasteiger partial charge in [0.05, 0.1) is 9.82 Å². The molecule has 0 heterocycles. The summed E-state index contributed by atoms with van der Waals surface area (Å²) < 4.78 is 28.1. The lowest BCUT2D eigenvalue weighted by molar-refractivity contribution is -0.384. The molecule has 0 aromatic heterocycles. The van der Waals surface area contributed by atoms with Crippen LogP contribution in [-0.4, -0.2) is 13.3 Å². The van der Waals surface area contributed by atoms with Gasteiger partial charge in [-0.3, -0.25) is 10.1 Å². The van der Waals surface area contributed by atoms with E-state index in [0.717, 1.165) is 17.7 Å². The zero-order valence-electron chi connectivity index (χ0n) is 12.1. The fourth-order valence-electron chi connectivity index (χ4n) is 1.85. The maximum atomic E-state index is 12.2. The first-order valence-electron chi connectivity index (χ1n) is 6.62. The lowest BCUT2D eigenvalue weighted by atomic mass is 10.0. The van der Waals surface area contributed by atoms with Gasteiger partial charge < -0.3 is 4.72 Å². The number of hydrogen-bond donors (Lipinski definition) is 0. The van der Waals surface area contributed by atoms with E-state index in [2.05, 4.69) is 4.72 Å². The Bertz CT molecular complexity index is 766. The van der Waals surface area contributed by atoms with Crippen LogP contribution >= 0.6 is 0 Å². The third kappa shape index (κ3) is 3.62. The molecular formula is C15H15N2O4S-. The molecule has 0 atom stereocenters. The normalized spacial score (nSPS) is 11.4. The number of nitro groups is 1. The van der Waals surface area contributed by atoms with Crippen LogP contribution in [0, 0.1) is 10.1 Å². The van der Waals surface area contributed by atoms with Crippen molar-refractivity contribution < 1.29 is 13.3 Å². The highest BCUT2D eigenvalue weighted by Crippen LogP contribution is 2.29. The largest absolute Gasteiger partial charge is 0.573 e. The molecule has 7 heteroatoms. The minimum absolute atomic E-state index is 0.0777. The maximum Gasteiger partial charge on any atom is 0.269 e. The smallest absolute Gasteiger partial charge is 0.269 e. The van der Waals surface area contributed by atoms with Gasteiger partial charge in [-0.2, -0.15) is 0 Å². The van der Waals surface area contributed by atoms with E-state index < -0.39 is 14.9 Å². The van der Waals surface area contributed by atoms with Crippen molar-refractivity contribution >= 4 is 21.4 Å². The Kier molecular flexibility index (Phi) is 4.46. The molecule has 2 aromatic carbocycles. The van der Waals surface area contributed by atoms with Gasteiger partial charge in [0.25, 0.3) is 5.69 Å². The lowest BCUT2D eigenvalue weighted by Crippen LogP contribution is -1.98. The molecule has 0 aliphatic carbocycles. The lowest BCUT2D eigenvalue weighted by Gasteiger charge is -2.22. The van der Waals surface area contributed by atoms with Crippen LogP contribution in [0.2, 0.25) is 0 Å². The first-order chi connectivity index (χ1) is 10.3. The van der Waals surface area contributed by atoms with Gasteiger partial charge in [-0.1, -0.05) is 38.1 Å². The summed E-state index contributed by atoms with van der Waals surface area (Å²) in [7, 11) is -3.89. The molecule has 0 bridgehead atoms. The minimum atomic E-state index is -3.89. The molecule has 0 amide bonds. The van der Waals surface area contributed by atoms with Gasteiger partial charge in [0.2, 0.25) is 0 Å². The predicted octanol–water partition coefficient (Wildman–Crippen LogP) is 4.11. The number of benzene rings is 2. The molecule has 0 radical (unpaired) electrons. The first kappa shape index (κ1) is 16.0. The van der Waals surface area contributed by atoms with E-state index in [4.69, 9.17) is 0 Å². The summed E-state index contributed by atoms with van der Waals surface area (Å²) in [5, 5.41) is 10.6. The van der Waals surface area contributed by atoms with Crippen LogP contribution in [-0.2, 0) is 10.0 Å². The van der Waals surface area contributed by atoms with Crippen molar-refractivity contribution in [2.45, 2.75) is 24.7 Å². The second-order valence-corrected chi connectivity index (χ2v) is 6.67. The number of sulfonamides is 1. The first-order valence-corrected chi connectivity index (χ1v) is 8.06. The summed E-state index contributed by atoms with van der Waals surface area (Å²) in [5.74, 6) is 0.348. The second-order valence-electron chi connectivity index (χ2n) is 5.06. The number of hydrogen-bond acceptors (Lipinski definition) is 4. The van der Waals surface area contributed by atoms with Gasteiger partial charge in [-0.25, -0.2) is 8.42 Å². The Labute approximate surface area is 129 Å². The highest BCUT2D eigenvalue weighted by molar-refractivity contribution is 7.94. The van der Waals surface area contributed by atoms with E-state index in [9.17, 15) is 18.5 Å². The van der Waals surface area contributed by atoms with Crippen molar-refractivity contribution in [2.75, 3.05) is 0 Å². The molecule has 0 saturated heterocycles. The fraction of sp³-hybridized carbons (Fsp3) is 0.200. The Balaban J connectivity index is 2.21. The summed E-state index contributed by atoms with van der Waals surface area (Å²) in [5.41, 5.74) is 1.25. The molecule has 0 aliphatic heterocycles. The van der Waals surface area contributed by atoms with Crippen LogP contribution in [0.5, 0.6) is 0 Å². The highest BCUT2D eigenvalue weighted by atomic mass is 32.2. The summed E-state index contributed by atoms with van der Waals surface area (Å²) >= 11 is 0. The van der Waals surface area contributed by atoms with Crippen LogP contribution < -0.4 is 0 Å². The minimum Gasteiger partial charge on any atom is -0.573 e. The van der Waals surface area contributed by atoms with Gasteiger partial charge in [-0.15, -0.1) is 5.69 Å². The van der Waals surface area contributed by atoms with Crippen molar-refractivity contribution in [2.24, 2.45) is 0 Å². The molecule has 0 aliphatic rings. The summed E-state index contributed by atoms with van der Waals surface area (Å²) in [4.78, 5) is 9.91. The van der Waals surface area contributed by atoms with Crippen molar-refractivity contribution in [1.29, 1.82) is 0 Å². The molecule has 22 heavy (non-hydrogen) atoms. The SMILES string of the molecule is CC(C)c1ccc([N-]S(=O)(=O)c2ccc([N+](=O)[O-])cc2)cc1. The Hall–Kier alpha value is -2.41. The van der Waals surface area contributed by atoms with E-state index in [1.807, 2.05) is 26.0 Å². The Morgan fingerprint density at radius 1 is 1.00 bits per heavy atom. The molecule has 0 N–H and O–H groups in total. The quantitative estimate of drug-likeness (QED) is 0.612. The zero-order valence-corrected chi connectivity index (χ0v) is 12.9. The average molecular weight is 319 g/mol. The number of rotatable bonds is 5. The van der Waals surface area contributed by atoms with Crippen LogP contribution in [0.4, 0.5) is 11.4 Å². The summed E-state index contributed by atoms with van der Waals surface area (Å²) in [6.07, 6.45) is 0. The molecule has 6 nitrogen and oxygen atoms in total. The van der Waals surface area contributed by atoms with Crippen LogP contribution in [0.1, 0.15) is 25.3 Å². The van der Waals surface area contributed by atoms with Crippen LogP contribution in [0.25, 0.3) is 4.72 Å². The van der Waals surface area contributed by atoms with E-state index in [-0.39, 0.29) is 10.6 Å². The molecule has 0 unspecified atom stereocenters. The standard InChI is InChI=1S/C15H15N2O4S/c1-11(2)12-3-5-13(6-4-12)16-22(20,21)15-9-7-14(8-10-15)17(18)19/h3-11H,1-2H3/q-1. The van der Waals surface area contributed by atoms with Crippen LogP contribution in [0.15, 0.2) is 53.4 Å². The topological polar surface area (TPSA) is 91.4 Å². The van der Waals surface area contributed by atoms with Crippen LogP contribution in [0.3, 0.4) is 0 Å². The molecule has 0 fully saturated rings. The summed E-state index contributed by atoms with van der Waals surface area (Å²) in [6.45, 7) is 4.08. The van der Waals surface area contributed by atoms with E-state index >= 15 is 0 Å². The molecule has 2 rings (SSSR count). The van der Waals surface area contributed by atoms with Gasteiger partial charge in [-0.05, 0) is 23.6 Å². The van der Waals surface area contributed by atoms with Gasteiger partial charge in [0.15, 0.2) is 0 Å². The van der Waals surface area contributed by atoms with Crippen molar-refractivity contribution in [3.05, 3.63) is 68.9 Å². The zero-order chi connectivity index (χ0) is 16.3. The van der Waals surface area contributed by atoms with Crippen molar-refractivity contribution in [1.82, 2.24) is 0 Å². The van der Waals surface area contributed by atoms with Crippen molar-refractivity contribution in [3.63, 3.8) is 0 Å². The van der Waals surface area contributed by atoms with Crippen molar-refractivity contribution in [3.8, 4) is 0 Å².